The second-order valence-electron chi connectivity index (χ2n) is 5.44. The Labute approximate surface area is 118 Å². The van der Waals surface area contributed by atoms with Crippen molar-refractivity contribution in [3.8, 4) is 0 Å². The van der Waals surface area contributed by atoms with Gasteiger partial charge in [-0.2, -0.15) is 0 Å². The fourth-order valence-corrected chi connectivity index (χ4v) is 2.41. The van der Waals surface area contributed by atoms with Crippen molar-refractivity contribution in [3.05, 3.63) is 28.7 Å². The van der Waals surface area contributed by atoms with Crippen molar-refractivity contribution in [2.24, 2.45) is 0 Å². The van der Waals surface area contributed by atoms with Gasteiger partial charge in [0.15, 0.2) is 0 Å². The van der Waals surface area contributed by atoms with E-state index in [1.165, 1.54) is 16.8 Å². The van der Waals surface area contributed by atoms with Gasteiger partial charge in [-0.1, -0.05) is 0 Å². The van der Waals surface area contributed by atoms with Crippen molar-refractivity contribution >= 4 is 11.6 Å². The van der Waals surface area contributed by atoms with Gasteiger partial charge in [0.05, 0.1) is 0 Å². The maximum atomic E-state index is 12.2. The van der Waals surface area contributed by atoms with Crippen LogP contribution in [-0.2, 0) is 11.3 Å². The fraction of sp³-hybridized carbons (Fsp3) is 0.571. The average Bonchev–Trinajstić information content (AvgIpc) is 2.43. The van der Waals surface area contributed by atoms with Crippen molar-refractivity contribution in [2.45, 2.75) is 26.4 Å². The molecular weight excluding hydrogens is 256 g/mol. The number of hydrogen-bond donors (Lipinski definition) is 1. The van der Waals surface area contributed by atoms with Crippen LogP contribution in [0.5, 0.6) is 0 Å². The normalized spacial score (nSPS) is 16.6. The topological polar surface area (TPSA) is 71.6 Å². The zero-order chi connectivity index (χ0) is 14.7. The average molecular weight is 278 g/mol. The molecule has 1 fully saturated rings. The number of amides is 1. The largest absolute Gasteiger partial charge is 0.398 e. The number of carbonyl (C=O) groups is 1. The van der Waals surface area contributed by atoms with Crippen LogP contribution in [-0.4, -0.2) is 52.5 Å². The Morgan fingerprint density at radius 3 is 2.50 bits per heavy atom. The van der Waals surface area contributed by atoms with Gasteiger partial charge in [-0.25, -0.2) is 0 Å². The number of nitrogens with zero attached hydrogens (tertiary/aromatic N) is 3. The van der Waals surface area contributed by atoms with Crippen LogP contribution in [0, 0.1) is 0 Å². The van der Waals surface area contributed by atoms with Gasteiger partial charge < -0.3 is 15.2 Å². The number of hydrogen-bond acceptors (Lipinski definition) is 4. The summed E-state index contributed by atoms with van der Waals surface area (Å²) in [6.45, 7) is 7.58. The van der Waals surface area contributed by atoms with Crippen LogP contribution in [0.1, 0.15) is 13.8 Å². The lowest BCUT2D eigenvalue weighted by Gasteiger charge is -2.37. The second-order valence-corrected chi connectivity index (χ2v) is 5.44. The van der Waals surface area contributed by atoms with Crippen LogP contribution < -0.4 is 11.3 Å². The molecule has 2 N–H and O–H groups in total. The monoisotopic (exact) mass is 278 g/mol. The van der Waals surface area contributed by atoms with E-state index in [-0.39, 0.29) is 18.0 Å². The lowest BCUT2D eigenvalue weighted by Crippen LogP contribution is -2.51. The minimum absolute atomic E-state index is 0.0268. The van der Waals surface area contributed by atoms with Crippen molar-refractivity contribution in [3.63, 3.8) is 0 Å². The number of pyridine rings is 1. The molecule has 0 unspecified atom stereocenters. The summed E-state index contributed by atoms with van der Waals surface area (Å²) in [7, 11) is 0. The molecule has 110 valence electrons. The second kappa shape index (κ2) is 6.09. The minimum Gasteiger partial charge on any atom is -0.398 e. The smallest absolute Gasteiger partial charge is 0.251 e. The summed E-state index contributed by atoms with van der Waals surface area (Å²) in [6.07, 6.45) is 1.52. The van der Waals surface area contributed by atoms with E-state index in [4.69, 9.17) is 5.73 Å². The van der Waals surface area contributed by atoms with Gasteiger partial charge in [0.2, 0.25) is 5.91 Å². The molecule has 2 heterocycles. The Hall–Kier alpha value is -1.82. The van der Waals surface area contributed by atoms with Gasteiger partial charge in [-0.3, -0.25) is 14.5 Å². The molecule has 0 radical (unpaired) electrons. The Balaban J connectivity index is 1.96. The summed E-state index contributed by atoms with van der Waals surface area (Å²) in [4.78, 5) is 28.0. The maximum Gasteiger partial charge on any atom is 0.251 e. The van der Waals surface area contributed by atoms with Gasteiger partial charge in [0, 0.05) is 50.2 Å². The molecule has 20 heavy (non-hydrogen) atoms. The van der Waals surface area contributed by atoms with E-state index in [9.17, 15) is 9.59 Å². The molecule has 0 bridgehead atoms. The van der Waals surface area contributed by atoms with Crippen LogP contribution >= 0.6 is 0 Å². The van der Waals surface area contributed by atoms with Crippen molar-refractivity contribution in [1.82, 2.24) is 14.4 Å². The summed E-state index contributed by atoms with van der Waals surface area (Å²) in [5.41, 5.74) is 5.93. The molecular formula is C14H22N4O2. The molecule has 1 amide bonds. The van der Waals surface area contributed by atoms with E-state index in [1.54, 1.807) is 6.07 Å². The number of nitrogens with two attached hydrogens (primary N) is 1. The highest BCUT2D eigenvalue weighted by Crippen LogP contribution is 2.07. The summed E-state index contributed by atoms with van der Waals surface area (Å²) >= 11 is 0. The van der Waals surface area contributed by atoms with Gasteiger partial charge in [0.1, 0.15) is 6.54 Å². The number of rotatable bonds is 3. The van der Waals surface area contributed by atoms with Gasteiger partial charge in [0.25, 0.3) is 5.56 Å². The first-order valence-corrected chi connectivity index (χ1v) is 6.95. The van der Waals surface area contributed by atoms with E-state index < -0.39 is 0 Å². The molecule has 0 atom stereocenters. The van der Waals surface area contributed by atoms with Crippen molar-refractivity contribution < 1.29 is 4.79 Å². The van der Waals surface area contributed by atoms with E-state index in [0.717, 1.165) is 13.1 Å². The summed E-state index contributed by atoms with van der Waals surface area (Å²) in [5, 5.41) is 0. The first kappa shape index (κ1) is 14.6. The molecule has 1 aromatic rings. The molecule has 6 heteroatoms. The standard InChI is InChI=1S/C14H22N4O2/c1-11(2)16-5-7-17(8-6-16)14(20)10-18-9-12(15)3-4-13(18)19/h3-4,9,11H,5-8,10,15H2,1-2H3. The van der Waals surface area contributed by atoms with E-state index in [2.05, 4.69) is 18.7 Å². The van der Waals surface area contributed by atoms with Crippen LogP contribution in [0.25, 0.3) is 0 Å². The van der Waals surface area contributed by atoms with Crippen molar-refractivity contribution in [2.75, 3.05) is 31.9 Å². The first-order valence-electron chi connectivity index (χ1n) is 6.95. The molecule has 1 aliphatic heterocycles. The lowest BCUT2D eigenvalue weighted by molar-refractivity contribution is -0.133. The van der Waals surface area contributed by atoms with Gasteiger partial charge in [-0.15, -0.1) is 0 Å². The molecule has 6 nitrogen and oxygen atoms in total. The number of aromatic nitrogens is 1. The number of carbonyl (C=O) groups excluding carboxylic acids is 1. The highest BCUT2D eigenvalue weighted by molar-refractivity contribution is 5.76. The van der Waals surface area contributed by atoms with Crippen LogP contribution in [0.4, 0.5) is 5.69 Å². The molecule has 1 saturated heterocycles. The SMILES string of the molecule is CC(C)N1CCN(C(=O)Cn2cc(N)ccc2=O)CC1. The molecule has 0 saturated carbocycles. The van der Waals surface area contributed by atoms with Crippen LogP contribution in [0.3, 0.4) is 0 Å². The lowest BCUT2D eigenvalue weighted by atomic mass is 10.2. The number of anilines is 1. The Morgan fingerprint density at radius 1 is 1.25 bits per heavy atom. The van der Waals surface area contributed by atoms with E-state index in [0.29, 0.717) is 24.8 Å². The Morgan fingerprint density at radius 2 is 1.90 bits per heavy atom. The third-order valence-corrected chi connectivity index (χ3v) is 3.71. The zero-order valence-corrected chi connectivity index (χ0v) is 12.1. The molecule has 1 aliphatic rings. The van der Waals surface area contributed by atoms with E-state index in [1.807, 2.05) is 4.90 Å². The molecule has 0 aromatic carbocycles. The summed E-state index contributed by atoms with van der Waals surface area (Å²) in [6, 6.07) is 3.44. The molecule has 0 aliphatic carbocycles. The van der Waals surface area contributed by atoms with Gasteiger partial charge in [-0.05, 0) is 19.9 Å². The highest BCUT2D eigenvalue weighted by Gasteiger charge is 2.22. The minimum atomic E-state index is -0.201. The zero-order valence-electron chi connectivity index (χ0n) is 12.1. The predicted octanol–water partition coefficient (Wildman–Crippen LogP) is -0.0169. The highest BCUT2D eigenvalue weighted by atomic mass is 16.2. The molecule has 0 spiro atoms. The summed E-state index contributed by atoms with van der Waals surface area (Å²) < 4.78 is 1.37. The third-order valence-electron chi connectivity index (χ3n) is 3.71. The number of nitrogen functional groups attached to an aromatic ring is 1. The number of piperazine rings is 1. The fourth-order valence-electron chi connectivity index (χ4n) is 2.41. The van der Waals surface area contributed by atoms with Crippen LogP contribution in [0.2, 0.25) is 0 Å². The van der Waals surface area contributed by atoms with Crippen molar-refractivity contribution in [1.29, 1.82) is 0 Å². The molecule has 2 rings (SSSR count). The third kappa shape index (κ3) is 3.39. The molecule has 1 aromatic heterocycles. The van der Waals surface area contributed by atoms with Gasteiger partial charge >= 0.3 is 0 Å². The predicted molar refractivity (Wildman–Crippen MR) is 78.4 cm³/mol. The summed E-state index contributed by atoms with van der Waals surface area (Å²) in [5.74, 6) is -0.0268. The maximum absolute atomic E-state index is 12.2. The van der Waals surface area contributed by atoms with E-state index >= 15 is 0 Å². The quantitative estimate of drug-likeness (QED) is 0.843. The Bertz CT molecular complexity index is 530. The van der Waals surface area contributed by atoms with Crippen LogP contribution in [0.15, 0.2) is 23.1 Å². The Kier molecular flexibility index (Phi) is 4.44. The first-order chi connectivity index (χ1) is 9.47.